The number of nitrogens with zero attached hydrogens (tertiary/aromatic N) is 5. The van der Waals surface area contributed by atoms with E-state index in [9.17, 15) is 10.1 Å². The number of nitriles is 1. The van der Waals surface area contributed by atoms with E-state index in [0.717, 1.165) is 82.8 Å². The van der Waals surface area contributed by atoms with Crippen molar-refractivity contribution in [3.8, 4) is 6.07 Å². The Labute approximate surface area is 174 Å². The van der Waals surface area contributed by atoms with Crippen LogP contribution in [-0.2, 0) is 17.6 Å². The third-order valence-electron chi connectivity index (χ3n) is 6.68. The van der Waals surface area contributed by atoms with E-state index < -0.39 is 0 Å². The Balaban J connectivity index is 1.45. The van der Waals surface area contributed by atoms with Crippen LogP contribution in [0.1, 0.15) is 67.8 Å². The summed E-state index contributed by atoms with van der Waals surface area (Å²) in [5.74, 6) is 1.52. The Morgan fingerprint density at radius 3 is 2.34 bits per heavy atom. The molecule has 2 aliphatic heterocycles. The molecule has 0 N–H and O–H groups in total. The van der Waals surface area contributed by atoms with Gasteiger partial charge in [0.1, 0.15) is 11.9 Å². The molecule has 2 saturated heterocycles. The van der Waals surface area contributed by atoms with Gasteiger partial charge in [-0.1, -0.05) is 13.8 Å². The van der Waals surface area contributed by atoms with Crippen molar-refractivity contribution in [2.75, 3.05) is 50.7 Å². The molecule has 0 atom stereocenters. The lowest BCUT2D eigenvalue weighted by atomic mass is 9.97. The number of pyridine rings is 1. The molecule has 0 bridgehead atoms. The maximum Gasteiger partial charge on any atom is 0.236 e. The molecule has 0 spiro atoms. The number of piperazine rings is 1. The summed E-state index contributed by atoms with van der Waals surface area (Å²) in [6.45, 7) is 10.1. The Morgan fingerprint density at radius 2 is 1.69 bits per heavy atom. The largest absolute Gasteiger partial charge is 0.353 e. The van der Waals surface area contributed by atoms with E-state index in [0.29, 0.717) is 12.5 Å². The van der Waals surface area contributed by atoms with Crippen molar-refractivity contribution in [2.24, 2.45) is 0 Å². The van der Waals surface area contributed by atoms with Crippen LogP contribution in [0.15, 0.2) is 0 Å². The second kappa shape index (κ2) is 8.71. The van der Waals surface area contributed by atoms with Gasteiger partial charge in [-0.15, -0.1) is 0 Å². The van der Waals surface area contributed by atoms with Gasteiger partial charge in [-0.05, 0) is 55.6 Å². The molecule has 0 unspecified atom stereocenters. The molecule has 29 heavy (non-hydrogen) atoms. The zero-order chi connectivity index (χ0) is 20.4. The van der Waals surface area contributed by atoms with Gasteiger partial charge in [0.2, 0.25) is 5.91 Å². The SMILES string of the molecule is CC(C)c1nc(N2CCN(CC(=O)N3CCCCC3)CC2)c(C#N)c2c1CCC2. The molecule has 156 valence electrons. The Bertz CT molecular complexity index is 798. The molecular weight excluding hydrogens is 362 g/mol. The van der Waals surface area contributed by atoms with Gasteiger partial charge < -0.3 is 9.80 Å². The fourth-order valence-corrected chi connectivity index (χ4v) is 5.05. The van der Waals surface area contributed by atoms with Gasteiger partial charge in [-0.2, -0.15) is 5.26 Å². The minimum atomic E-state index is 0.272. The van der Waals surface area contributed by atoms with Crippen LogP contribution < -0.4 is 4.90 Å². The minimum Gasteiger partial charge on any atom is -0.353 e. The van der Waals surface area contributed by atoms with E-state index in [1.807, 2.05) is 4.90 Å². The second-order valence-electron chi connectivity index (χ2n) is 8.98. The number of piperidine rings is 1. The summed E-state index contributed by atoms with van der Waals surface area (Å²) in [5, 5.41) is 9.88. The van der Waals surface area contributed by atoms with Crippen molar-refractivity contribution >= 4 is 11.7 Å². The van der Waals surface area contributed by atoms with E-state index in [2.05, 4.69) is 29.7 Å². The highest BCUT2D eigenvalue weighted by atomic mass is 16.2. The van der Waals surface area contributed by atoms with Crippen LogP contribution >= 0.6 is 0 Å². The predicted molar refractivity (Wildman–Crippen MR) is 114 cm³/mol. The third kappa shape index (κ3) is 4.11. The summed E-state index contributed by atoms with van der Waals surface area (Å²) >= 11 is 0. The van der Waals surface area contributed by atoms with E-state index in [4.69, 9.17) is 4.98 Å². The van der Waals surface area contributed by atoms with Crippen LogP contribution in [0.3, 0.4) is 0 Å². The van der Waals surface area contributed by atoms with Crippen molar-refractivity contribution in [3.63, 3.8) is 0 Å². The lowest BCUT2D eigenvalue weighted by molar-refractivity contribution is -0.133. The number of anilines is 1. The molecule has 0 radical (unpaired) electrons. The third-order valence-corrected chi connectivity index (χ3v) is 6.68. The van der Waals surface area contributed by atoms with Crippen molar-refractivity contribution in [1.82, 2.24) is 14.8 Å². The highest BCUT2D eigenvalue weighted by Gasteiger charge is 2.29. The monoisotopic (exact) mass is 395 g/mol. The average Bonchev–Trinajstić information content (AvgIpc) is 3.23. The molecule has 2 fully saturated rings. The Hall–Kier alpha value is -2.13. The van der Waals surface area contributed by atoms with Crippen molar-refractivity contribution < 1.29 is 4.79 Å². The molecule has 1 amide bonds. The summed E-state index contributed by atoms with van der Waals surface area (Å²) in [6.07, 6.45) is 6.70. The lowest BCUT2D eigenvalue weighted by Crippen LogP contribution is -2.51. The first kappa shape index (κ1) is 20.2. The lowest BCUT2D eigenvalue weighted by Gasteiger charge is -2.37. The zero-order valence-corrected chi connectivity index (χ0v) is 17.9. The quantitative estimate of drug-likeness (QED) is 0.784. The molecule has 3 heterocycles. The molecular formula is C23H33N5O. The number of likely N-dealkylation sites (tertiary alicyclic amines) is 1. The summed E-state index contributed by atoms with van der Waals surface area (Å²) in [4.78, 5) is 24.1. The summed E-state index contributed by atoms with van der Waals surface area (Å²) in [7, 11) is 0. The Kier molecular flexibility index (Phi) is 6.05. The maximum absolute atomic E-state index is 12.6. The summed E-state index contributed by atoms with van der Waals surface area (Å²) in [5.41, 5.74) is 4.53. The van der Waals surface area contributed by atoms with Crippen molar-refractivity contribution in [2.45, 2.75) is 58.3 Å². The van der Waals surface area contributed by atoms with Crippen LogP contribution in [0.25, 0.3) is 0 Å². The maximum atomic E-state index is 12.6. The first-order chi connectivity index (χ1) is 14.1. The van der Waals surface area contributed by atoms with Gasteiger partial charge in [0.15, 0.2) is 0 Å². The van der Waals surface area contributed by atoms with Gasteiger partial charge in [-0.3, -0.25) is 9.69 Å². The number of amides is 1. The molecule has 1 aromatic heterocycles. The summed E-state index contributed by atoms with van der Waals surface area (Å²) < 4.78 is 0. The van der Waals surface area contributed by atoms with Crippen molar-refractivity contribution in [1.29, 1.82) is 5.26 Å². The van der Waals surface area contributed by atoms with Gasteiger partial charge in [0.25, 0.3) is 0 Å². The predicted octanol–water partition coefficient (Wildman–Crippen LogP) is 2.70. The first-order valence-corrected chi connectivity index (χ1v) is 11.3. The second-order valence-corrected chi connectivity index (χ2v) is 8.98. The van der Waals surface area contributed by atoms with E-state index in [1.165, 1.54) is 23.2 Å². The van der Waals surface area contributed by atoms with Crippen molar-refractivity contribution in [3.05, 3.63) is 22.4 Å². The van der Waals surface area contributed by atoms with E-state index in [-0.39, 0.29) is 5.91 Å². The van der Waals surface area contributed by atoms with Crippen LogP contribution in [0.2, 0.25) is 0 Å². The number of carbonyl (C=O) groups is 1. The van der Waals surface area contributed by atoms with Crippen LogP contribution in [0, 0.1) is 11.3 Å². The molecule has 0 aromatic carbocycles. The topological polar surface area (TPSA) is 63.5 Å². The normalized spacial score (nSPS) is 20.1. The first-order valence-electron chi connectivity index (χ1n) is 11.3. The molecule has 3 aliphatic rings. The van der Waals surface area contributed by atoms with Gasteiger partial charge in [0, 0.05) is 45.0 Å². The smallest absolute Gasteiger partial charge is 0.236 e. The molecule has 4 rings (SSSR count). The van der Waals surface area contributed by atoms with Crippen LogP contribution in [0.4, 0.5) is 5.82 Å². The average molecular weight is 396 g/mol. The van der Waals surface area contributed by atoms with Gasteiger partial charge in [-0.25, -0.2) is 4.98 Å². The molecule has 0 saturated carbocycles. The number of hydrogen-bond donors (Lipinski definition) is 0. The highest BCUT2D eigenvalue weighted by molar-refractivity contribution is 5.78. The summed E-state index contributed by atoms with van der Waals surface area (Å²) in [6, 6.07) is 2.47. The number of fused-ring (bicyclic) bond motifs is 1. The molecule has 1 aromatic rings. The van der Waals surface area contributed by atoms with Crippen LogP contribution in [-0.4, -0.2) is 66.5 Å². The zero-order valence-electron chi connectivity index (χ0n) is 17.9. The van der Waals surface area contributed by atoms with Crippen LogP contribution in [0.5, 0.6) is 0 Å². The highest BCUT2D eigenvalue weighted by Crippen LogP contribution is 2.35. The molecule has 6 heteroatoms. The number of rotatable bonds is 4. The van der Waals surface area contributed by atoms with E-state index in [1.54, 1.807) is 0 Å². The Morgan fingerprint density at radius 1 is 1.00 bits per heavy atom. The number of aromatic nitrogens is 1. The molecule has 1 aliphatic carbocycles. The fourth-order valence-electron chi connectivity index (χ4n) is 5.05. The number of hydrogen-bond acceptors (Lipinski definition) is 5. The minimum absolute atomic E-state index is 0.272. The van der Waals surface area contributed by atoms with Gasteiger partial charge in [0.05, 0.1) is 12.1 Å². The fraction of sp³-hybridized carbons (Fsp3) is 0.696. The van der Waals surface area contributed by atoms with Gasteiger partial charge >= 0.3 is 0 Å². The number of carbonyl (C=O) groups excluding carboxylic acids is 1. The van der Waals surface area contributed by atoms with E-state index >= 15 is 0 Å². The molecule has 6 nitrogen and oxygen atoms in total. The standard InChI is InChI=1S/C23H33N5O/c1-17(2)22-19-8-6-7-18(19)20(15-24)23(25-22)28-13-11-26(12-14-28)16-21(29)27-9-4-3-5-10-27/h17H,3-14,16H2,1-2H3.